The van der Waals surface area contributed by atoms with Crippen molar-refractivity contribution in [1.29, 1.82) is 0 Å². The van der Waals surface area contributed by atoms with Gasteiger partial charge in [0.2, 0.25) is 0 Å². The Morgan fingerprint density at radius 2 is 0.917 bits per heavy atom. The van der Waals surface area contributed by atoms with Gasteiger partial charge in [0.25, 0.3) is 0 Å². The molecule has 12 heavy (non-hydrogen) atoms. The van der Waals surface area contributed by atoms with Gasteiger partial charge in [-0.15, -0.1) is 0 Å². The summed E-state index contributed by atoms with van der Waals surface area (Å²) in [6.45, 7) is 14.5. The summed E-state index contributed by atoms with van der Waals surface area (Å²) in [7, 11) is -1.65. The van der Waals surface area contributed by atoms with Crippen molar-refractivity contribution in [3.05, 3.63) is 12.2 Å². The quantitative estimate of drug-likeness (QED) is 0.471. The third-order valence-corrected chi connectivity index (χ3v) is 4.55. The van der Waals surface area contributed by atoms with Gasteiger partial charge in [0.05, 0.1) is 0 Å². The van der Waals surface area contributed by atoms with Gasteiger partial charge in [0.1, 0.15) is 0 Å². The lowest BCUT2D eigenvalue weighted by atomic mass is 10.6. The van der Waals surface area contributed by atoms with E-state index in [4.69, 9.17) is 0 Å². The number of hydrogen-bond acceptors (Lipinski definition) is 0. The third kappa shape index (κ3) is 10.2. The molecule has 0 amide bonds. The molecule has 0 radical (unpaired) electrons. The lowest BCUT2D eigenvalue weighted by molar-refractivity contribution is 1.44. The minimum Gasteiger partial charge on any atom is -0.0915 e. The molecule has 2 heteroatoms. The molecular formula is C10H24Si2. The second-order valence-corrected chi connectivity index (χ2v) is 17.1. The number of hydrogen-bond donors (Lipinski definition) is 0. The summed E-state index contributed by atoms with van der Waals surface area (Å²) in [5, 5.41) is 0. The topological polar surface area (TPSA) is 0 Å². The van der Waals surface area contributed by atoms with Crippen molar-refractivity contribution in [3.63, 3.8) is 0 Å². The molecule has 0 rings (SSSR count). The Balaban J connectivity index is 3.66. The van der Waals surface area contributed by atoms with E-state index in [1.807, 2.05) is 0 Å². The zero-order valence-electron chi connectivity index (χ0n) is 9.57. The van der Waals surface area contributed by atoms with Crippen LogP contribution in [0.1, 0.15) is 0 Å². The highest BCUT2D eigenvalue weighted by Crippen LogP contribution is 2.12. The van der Waals surface area contributed by atoms with Gasteiger partial charge < -0.3 is 0 Å². The second kappa shape index (κ2) is 4.42. The smallest absolute Gasteiger partial charge is 0.0480 e. The van der Waals surface area contributed by atoms with Crippen molar-refractivity contribution in [1.82, 2.24) is 0 Å². The first kappa shape index (κ1) is 12.2. The molecule has 0 aliphatic heterocycles. The first-order valence-electron chi connectivity index (χ1n) is 4.86. The van der Waals surface area contributed by atoms with Crippen LogP contribution in [0.15, 0.2) is 12.2 Å². The van der Waals surface area contributed by atoms with E-state index in [0.29, 0.717) is 0 Å². The molecule has 0 aliphatic carbocycles. The summed E-state index contributed by atoms with van der Waals surface area (Å²) in [4.78, 5) is 0. The van der Waals surface area contributed by atoms with Crippen LogP contribution >= 0.6 is 0 Å². The molecule has 0 nitrogen and oxygen atoms in total. The van der Waals surface area contributed by atoms with Crippen molar-refractivity contribution in [2.75, 3.05) is 0 Å². The van der Waals surface area contributed by atoms with Crippen LogP contribution in [-0.2, 0) is 0 Å². The molecule has 0 fully saturated rings. The molecule has 0 aromatic carbocycles. The fraction of sp³-hybridized carbons (Fsp3) is 0.800. The fourth-order valence-corrected chi connectivity index (χ4v) is 2.62. The molecule has 0 aromatic heterocycles. The Labute approximate surface area is 80.1 Å². The molecule has 0 N–H and O–H groups in total. The van der Waals surface area contributed by atoms with E-state index >= 15 is 0 Å². The molecular weight excluding hydrogens is 176 g/mol. The maximum atomic E-state index is 2.42. The first-order chi connectivity index (χ1) is 5.21. The first-order valence-corrected chi connectivity index (χ1v) is 12.3. The summed E-state index contributed by atoms with van der Waals surface area (Å²) < 4.78 is 0. The van der Waals surface area contributed by atoms with E-state index in [-0.39, 0.29) is 0 Å². The molecule has 0 unspecified atom stereocenters. The van der Waals surface area contributed by atoms with Gasteiger partial charge in [0.15, 0.2) is 0 Å². The second-order valence-electron chi connectivity index (χ2n) is 6.00. The van der Waals surface area contributed by atoms with Gasteiger partial charge in [-0.3, -0.25) is 0 Å². The monoisotopic (exact) mass is 200 g/mol. The highest BCUT2D eigenvalue weighted by Gasteiger charge is 2.11. The molecule has 0 spiro atoms. The molecule has 0 atom stereocenters. The molecule has 0 heterocycles. The predicted molar refractivity (Wildman–Crippen MR) is 65.4 cm³/mol. The standard InChI is InChI=1S/C10H24Si2/c1-11(2,3)9-7-8-10-12(4,5)6/h7-8H,9-10H2,1-6H3. The molecule has 0 aliphatic rings. The summed E-state index contributed by atoms with van der Waals surface area (Å²) in [5.41, 5.74) is 0. The summed E-state index contributed by atoms with van der Waals surface area (Å²) in [6.07, 6.45) is 4.81. The molecule has 0 saturated heterocycles. The highest BCUT2D eigenvalue weighted by molar-refractivity contribution is 6.77. The van der Waals surface area contributed by atoms with E-state index < -0.39 is 16.1 Å². The van der Waals surface area contributed by atoms with E-state index in [9.17, 15) is 0 Å². The Kier molecular flexibility index (Phi) is 4.49. The molecule has 0 aromatic rings. The average Bonchev–Trinajstić information content (AvgIpc) is 1.76. The van der Waals surface area contributed by atoms with Crippen molar-refractivity contribution in [2.24, 2.45) is 0 Å². The number of rotatable bonds is 4. The fourth-order valence-electron chi connectivity index (χ4n) is 0.874. The third-order valence-electron chi connectivity index (χ3n) is 1.63. The van der Waals surface area contributed by atoms with Gasteiger partial charge in [-0.05, 0) is 12.1 Å². The predicted octanol–water partition coefficient (Wildman–Crippen LogP) is 4.22. The number of allylic oxidation sites excluding steroid dienone is 2. The Bertz CT molecular complexity index is 128. The Morgan fingerprint density at radius 3 is 1.08 bits per heavy atom. The lowest BCUT2D eigenvalue weighted by Crippen LogP contribution is -2.19. The normalized spacial score (nSPS) is 14.2. The van der Waals surface area contributed by atoms with Crippen LogP contribution in [-0.4, -0.2) is 16.1 Å². The maximum Gasteiger partial charge on any atom is 0.0480 e. The van der Waals surface area contributed by atoms with Crippen molar-refractivity contribution >= 4 is 16.1 Å². The van der Waals surface area contributed by atoms with Crippen LogP contribution < -0.4 is 0 Å². The Morgan fingerprint density at radius 1 is 0.667 bits per heavy atom. The molecule has 0 saturated carbocycles. The van der Waals surface area contributed by atoms with E-state index in [1.165, 1.54) is 12.1 Å². The van der Waals surface area contributed by atoms with E-state index in [2.05, 4.69) is 51.4 Å². The summed E-state index contributed by atoms with van der Waals surface area (Å²) in [5.74, 6) is 0. The van der Waals surface area contributed by atoms with Gasteiger partial charge >= 0.3 is 0 Å². The lowest BCUT2D eigenvalue weighted by Gasteiger charge is -2.14. The van der Waals surface area contributed by atoms with Gasteiger partial charge in [-0.25, -0.2) is 0 Å². The molecule has 72 valence electrons. The minimum atomic E-state index is -0.825. The van der Waals surface area contributed by atoms with Gasteiger partial charge in [-0.1, -0.05) is 51.4 Å². The van der Waals surface area contributed by atoms with E-state index in [1.54, 1.807) is 0 Å². The maximum absolute atomic E-state index is 2.42. The zero-order chi connectivity index (χ0) is 9.83. The van der Waals surface area contributed by atoms with Gasteiger partial charge in [0, 0.05) is 16.1 Å². The summed E-state index contributed by atoms with van der Waals surface area (Å²) >= 11 is 0. The van der Waals surface area contributed by atoms with E-state index in [0.717, 1.165) is 0 Å². The minimum absolute atomic E-state index is 0.825. The largest absolute Gasteiger partial charge is 0.0915 e. The van der Waals surface area contributed by atoms with Crippen LogP contribution in [0.5, 0.6) is 0 Å². The SMILES string of the molecule is C[Si](C)(C)CC=CC[Si](C)(C)C. The van der Waals surface area contributed by atoms with Crippen molar-refractivity contribution < 1.29 is 0 Å². The van der Waals surface area contributed by atoms with Gasteiger partial charge in [-0.2, -0.15) is 0 Å². The molecule has 0 bridgehead atoms. The zero-order valence-corrected chi connectivity index (χ0v) is 11.6. The average molecular weight is 200 g/mol. The van der Waals surface area contributed by atoms with Crippen LogP contribution in [0, 0.1) is 0 Å². The Hall–Kier alpha value is 0.174. The van der Waals surface area contributed by atoms with Crippen LogP contribution in [0.25, 0.3) is 0 Å². The summed E-state index contributed by atoms with van der Waals surface area (Å²) in [6, 6.07) is 2.69. The van der Waals surface area contributed by atoms with Crippen LogP contribution in [0.3, 0.4) is 0 Å². The highest BCUT2D eigenvalue weighted by atomic mass is 28.3. The van der Waals surface area contributed by atoms with Crippen molar-refractivity contribution in [3.8, 4) is 0 Å². The van der Waals surface area contributed by atoms with Crippen molar-refractivity contribution in [2.45, 2.75) is 51.4 Å². The van der Waals surface area contributed by atoms with Crippen LogP contribution in [0.4, 0.5) is 0 Å². The van der Waals surface area contributed by atoms with Crippen LogP contribution in [0.2, 0.25) is 51.4 Å².